The standard InChI is InChI=1S/C64H44N2/c1-4-20-45(21-5-1)46-36-38-49(39-37-46)51-42-43-64(55-28-11-10-27-53(51)55)65(60-32-16-12-26-52(60)47-22-6-2-7-23-47)50-40-41-54(59(44-50)48-24-8-3-9-25-48)56-29-13-17-33-61(56)66-62-34-18-14-30-57(62)58-31-15-19-35-63(58)66/h1-44H. The van der Waals surface area contributed by atoms with Crippen LogP contribution in [0.3, 0.4) is 0 Å². The monoisotopic (exact) mass is 840 g/mol. The highest BCUT2D eigenvalue weighted by molar-refractivity contribution is 6.11. The fourth-order valence-corrected chi connectivity index (χ4v) is 9.98. The van der Waals surface area contributed by atoms with E-state index < -0.39 is 0 Å². The van der Waals surface area contributed by atoms with Crippen LogP contribution in [0.15, 0.2) is 267 Å². The van der Waals surface area contributed by atoms with E-state index in [1.54, 1.807) is 0 Å². The van der Waals surface area contributed by atoms with Crippen LogP contribution in [0.1, 0.15) is 0 Å². The lowest BCUT2D eigenvalue weighted by Crippen LogP contribution is -2.12. The molecule has 0 N–H and O–H groups in total. The molecular weight excluding hydrogens is 797 g/mol. The van der Waals surface area contributed by atoms with Gasteiger partial charge in [-0.05, 0) is 92.4 Å². The van der Waals surface area contributed by atoms with Gasteiger partial charge in [0.05, 0.1) is 28.1 Å². The van der Waals surface area contributed by atoms with Crippen LogP contribution in [0.5, 0.6) is 0 Å². The molecule has 0 unspecified atom stereocenters. The van der Waals surface area contributed by atoms with Gasteiger partial charge in [0.1, 0.15) is 0 Å². The Morgan fingerprint density at radius 1 is 0.242 bits per heavy atom. The zero-order chi connectivity index (χ0) is 43.8. The van der Waals surface area contributed by atoms with E-state index in [1.165, 1.54) is 60.4 Å². The van der Waals surface area contributed by atoms with Crippen LogP contribution in [0, 0.1) is 0 Å². The van der Waals surface area contributed by atoms with E-state index >= 15 is 0 Å². The summed E-state index contributed by atoms with van der Waals surface area (Å²) in [6.45, 7) is 0. The van der Waals surface area contributed by atoms with Gasteiger partial charge in [0, 0.05) is 33.0 Å². The van der Waals surface area contributed by atoms with E-state index in [-0.39, 0.29) is 0 Å². The first kappa shape index (κ1) is 38.9. The van der Waals surface area contributed by atoms with Crippen LogP contribution in [-0.2, 0) is 0 Å². The highest BCUT2D eigenvalue weighted by atomic mass is 15.1. The second-order valence-corrected chi connectivity index (χ2v) is 16.8. The fraction of sp³-hybridized carbons (Fsp3) is 0. The van der Waals surface area contributed by atoms with Gasteiger partial charge in [0.25, 0.3) is 0 Å². The van der Waals surface area contributed by atoms with Gasteiger partial charge in [-0.1, -0.05) is 224 Å². The molecule has 1 aromatic heterocycles. The third-order valence-electron chi connectivity index (χ3n) is 13.0. The number of para-hydroxylation sites is 4. The largest absolute Gasteiger partial charge is 0.309 e. The van der Waals surface area contributed by atoms with Gasteiger partial charge in [-0.25, -0.2) is 0 Å². The lowest BCUT2D eigenvalue weighted by atomic mass is 9.91. The van der Waals surface area contributed by atoms with Crippen LogP contribution < -0.4 is 4.90 Å². The van der Waals surface area contributed by atoms with Gasteiger partial charge >= 0.3 is 0 Å². The Morgan fingerprint density at radius 3 is 1.36 bits per heavy atom. The van der Waals surface area contributed by atoms with Gasteiger partial charge in [0.2, 0.25) is 0 Å². The zero-order valence-electron chi connectivity index (χ0n) is 36.3. The van der Waals surface area contributed by atoms with E-state index in [4.69, 9.17) is 0 Å². The molecule has 0 saturated heterocycles. The molecule has 0 saturated carbocycles. The Balaban J connectivity index is 1.08. The molecule has 0 radical (unpaired) electrons. The SMILES string of the molecule is c1ccc(-c2ccc(-c3ccc(N(c4ccc(-c5ccccc5-n5c6ccccc6c6ccccc65)c(-c5ccccc5)c4)c4ccccc4-c4ccccc4)c4ccccc34)cc2)cc1. The van der Waals surface area contributed by atoms with Crippen LogP contribution in [-0.4, -0.2) is 4.57 Å². The Bertz CT molecular complexity index is 3630. The minimum atomic E-state index is 1.07. The molecule has 0 spiro atoms. The normalized spacial score (nSPS) is 11.3. The first-order chi connectivity index (χ1) is 32.8. The lowest BCUT2D eigenvalue weighted by molar-refractivity contribution is 1.18. The average molecular weight is 841 g/mol. The van der Waals surface area contributed by atoms with E-state index in [0.29, 0.717) is 0 Å². The van der Waals surface area contributed by atoms with Gasteiger partial charge in [-0.3, -0.25) is 0 Å². The molecule has 66 heavy (non-hydrogen) atoms. The van der Waals surface area contributed by atoms with E-state index in [1.807, 2.05) is 0 Å². The summed E-state index contributed by atoms with van der Waals surface area (Å²) in [6.07, 6.45) is 0. The van der Waals surface area contributed by atoms with Crippen LogP contribution in [0.2, 0.25) is 0 Å². The fourth-order valence-electron chi connectivity index (χ4n) is 9.98. The minimum absolute atomic E-state index is 1.07. The molecule has 1 heterocycles. The maximum Gasteiger partial charge on any atom is 0.0541 e. The zero-order valence-corrected chi connectivity index (χ0v) is 36.3. The predicted molar refractivity (Wildman–Crippen MR) is 280 cm³/mol. The highest BCUT2D eigenvalue weighted by Crippen LogP contribution is 2.48. The summed E-state index contributed by atoms with van der Waals surface area (Å²) in [5.41, 5.74) is 18.6. The molecule has 11 aromatic carbocycles. The molecular formula is C64H44N2. The van der Waals surface area contributed by atoms with Crippen molar-refractivity contribution in [2.75, 3.05) is 4.90 Å². The molecule has 2 nitrogen and oxygen atoms in total. The number of nitrogens with zero attached hydrogens (tertiary/aromatic N) is 2. The maximum atomic E-state index is 2.47. The van der Waals surface area contributed by atoms with Crippen molar-refractivity contribution in [3.63, 3.8) is 0 Å². The molecule has 0 amide bonds. The predicted octanol–water partition coefficient (Wildman–Crippen LogP) is 17.7. The third kappa shape index (κ3) is 6.84. The van der Waals surface area contributed by atoms with Gasteiger partial charge in [-0.15, -0.1) is 0 Å². The summed E-state index contributed by atoms with van der Waals surface area (Å²) in [4.78, 5) is 2.47. The summed E-state index contributed by atoms with van der Waals surface area (Å²) >= 11 is 0. The van der Waals surface area contributed by atoms with Gasteiger partial charge in [-0.2, -0.15) is 0 Å². The second-order valence-electron chi connectivity index (χ2n) is 16.8. The number of aromatic nitrogens is 1. The van der Waals surface area contributed by atoms with Crippen LogP contribution in [0.25, 0.3) is 93.9 Å². The van der Waals surface area contributed by atoms with E-state index in [0.717, 1.165) is 50.6 Å². The smallest absolute Gasteiger partial charge is 0.0541 e. The van der Waals surface area contributed by atoms with Crippen molar-refractivity contribution in [2.24, 2.45) is 0 Å². The van der Waals surface area contributed by atoms with E-state index in [2.05, 4.69) is 276 Å². The quantitative estimate of drug-likeness (QED) is 0.141. The summed E-state index contributed by atoms with van der Waals surface area (Å²) in [7, 11) is 0. The Labute approximate surface area is 385 Å². The van der Waals surface area contributed by atoms with Crippen molar-refractivity contribution < 1.29 is 0 Å². The Hall–Kier alpha value is -8.72. The number of fused-ring (bicyclic) bond motifs is 4. The Kier molecular flexibility index (Phi) is 9.89. The van der Waals surface area contributed by atoms with E-state index in [9.17, 15) is 0 Å². The van der Waals surface area contributed by atoms with Gasteiger partial charge in [0.15, 0.2) is 0 Å². The molecule has 12 rings (SSSR count). The summed E-state index contributed by atoms with van der Waals surface area (Å²) < 4.78 is 2.44. The van der Waals surface area contributed by atoms with Crippen molar-refractivity contribution in [2.45, 2.75) is 0 Å². The number of hydrogen-bond donors (Lipinski definition) is 0. The number of anilines is 3. The lowest BCUT2D eigenvalue weighted by Gasteiger charge is -2.30. The first-order valence-electron chi connectivity index (χ1n) is 22.7. The highest BCUT2D eigenvalue weighted by Gasteiger charge is 2.23. The molecule has 0 aliphatic heterocycles. The first-order valence-corrected chi connectivity index (χ1v) is 22.7. The molecule has 310 valence electrons. The van der Waals surface area contributed by atoms with Crippen molar-refractivity contribution in [1.82, 2.24) is 4.57 Å². The molecule has 2 heteroatoms. The summed E-state index contributed by atoms with van der Waals surface area (Å²) in [5.74, 6) is 0. The molecule has 0 fully saturated rings. The topological polar surface area (TPSA) is 8.17 Å². The number of benzene rings is 11. The second kappa shape index (κ2) is 16.8. The van der Waals surface area contributed by atoms with Crippen molar-refractivity contribution >= 4 is 49.6 Å². The van der Waals surface area contributed by atoms with Gasteiger partial charge < -0.3 is 9.47 Å². The molecule has 0 aliphatic carbocycles. The van der Waals surface area contributed by atoms with Crippen LogP contribution >= 0.6 is 0 Å². The molecule has 0 aliphatic rings. The Morgan fingerprint density at radius 2 is 0.697 bits per heavy atom. The summed E-state index contributed by atoms with van der Waals surface area (Å²) in [6, 6.07) is 97.0. The summed E-state index contributed by atoms with van der Waals surface area (Å²) in [5, 5.41) is 4.87. The van der Waals surface area contributed by atoms with Crippen molar-refractivity contribution in [1.29, 1.82) is 0 Å². The molecule has 0 atom stereocenters. The molecule has 0 bridgehead atoms. The van der Waals surface area contributed by atoms with Crippen molar-refractivity contribution in [3.05, 3.63) is 267 Å². The molecule has 12 aromatic rings. The number of hydrogen-bond acceptors (Lipinski definition) is 1. The average Bonchev–Trinajstić information content (AvgIpc) is 3.74. The third-order valence-corrected chi connectivity index (χ3v) is 13.0. The van der Waals surface area contributed by atoms with Crippen LogP contribution in [0.4, 0.5) is 17.1 Å². The minimum Gasteiger partial charge on any atom is -0.309 e. The number of rotatable bonds is 9. The van der Waals surface area contributed by atoms with Crippen molar-refractivity contribution in [3.8, 4) is 61.3 Å². The maximum absolute atomic E-state index is 2.47.